The number of aryl methyl sites for hydroxylation is 1. The molecule has 1 heterocycles. The molecule has 2 fully saturated rings. The Kier molecular flexibility index (Phi) is 5.17. The third-order valence-corrected chi connectivity index (χ3v) is 8.62. The van der Waals surface area contributed by atoms with Gasteiger partial charge in [0.1, 0.15) is 5.00 Å². The van der Waals surface area contributed by atoms with Crippen molar-refractivity contribution in [1.29, 1.82) is 0 Å². The van der Waals surface area contributed by atoms with Crippen molar-refractivity contribution >= 4 is 34.1 Å². The molecule has 2 bridgehead atoms. The zero-order chi connectivity index (χ0) is 20.8. The van der Waals surface area contributed by atoms with Gasteiger partial charge in [0, 0.05) is 10.9 Å². The van der Waals surface area contributed by atoms with Crippen LogP contribution < -0.4 is 10.6 Å². The van der Waals surface area contributed by atoms with Crippen molar-refractivity contribution in [3.05, 3.63) is 28.2 Å². The third-order valence-electron chi connectivity index (χ3n) is 7.41. The minimum absolute atomic E-state index is 0.0429. The molecule has 4 atom stereocenters. The molecule has 6 nitrogen and oxygen atoms in total. The molecule has 0 aliphatic heterocycles. The van der Waals surface area contributed by atoms with E-state index in [0.29, 0.717) is 10.6 Å². The summed E-state index contributed by atoms with van der Waals surface area (Å²) in [6, 6.07) is 0.216. The summed E-state index contributed by atoms with van der Waals surface area (Å²) in [4.78, 5) is 39.5. The number of carbonyl (C=O) groups excluding carboxylic acids is 2. The van der Waals surface area contributed by atoms with Crippen LogP contribution in [0.15, 0.2) is 12.2 Å². The van der Waals surface area contributed by atoms with Gasteiger partial charge in [-0.25, -0.2) is 0 Å². The summed E-state index contributed by atoms with van der Waals surface area (Å²) in [7, 11) is 0. The fourth-order valence-corrected chi connectivity index (χ4v) is 7.23. The number of thiophene rings is 1. The maximum atomic E-state index is 13.3. The van der Waals surface area contributed by atoms with Crippen molar-refractivity contribution in [2.45, 2.75) is 63.8 Å². The number of hydrogen-bond donors (Lipinski definition) is 3. The third kappa shape index (κ3) is 3.37. The highest BCUT2D eigenvalue weighted by Crippen LogP contribution is 2.46. The average molecular weight is 429 g/mol. The minimum atomic E-state index is -0.901. The maximum absolute atomic E-state index is 13.3. The first-order valence-corrected chi connectivity index (χ1v) is 12.0. The Morgan fingerprint density at radius 2 is 1.63 bits per heavy atom. The molecule has 0 radical (unpaired) electrons. The zero-order valence-electron chi connectivity index (χ0n) is 17.0. The number of hydrogen-bond acceptors (Lipinski definition) is 4. The van der Waals surface area contributed by atoms with Gasteiger partial charge < -0.3 is 15.7 Å². The SMILES string of the molecule is O=C(NC1CCCC1)c1c(NC(=O)[C@@H]2[C@@H](C(=O)O)[C@H]3C=C[C@@H]2CC3)sc2c1CCC2. The van der Waals surface area contributed by atoms with Crippen molar-refractivity contribution in [3.63, 3.8) is 0 Å². The number of carbonyl (C=O) groups is 3. The van der Waals surface area contributed by atoms with Crippen molar-refractivity contribution in [2.24, 2.45) is 23.7 Å². The second kappa shape index (κ2) is 7.84. The van der Waals surface area contributed by atoms with E-state index in [-0.39, 0.29) is 29.7 Å². The number of fused-ring (bicyclic) bond motifs is 3. The number of rotatable bonds is 5. The lowest BCUT2D eigenvalue weighted by Gasteiger charge is -2.41. The van der Waals surface area contributed by atoms with Gasteiger partial charge in [0.05, 0.1) is 17.4 Å². The molecule has 1 aromatic rings. The first-order chi connectivity index (χ1) is 14.5. The van der Waals surface area contributed by atoms with Crippen LogP contribution in [-0.2, 0) is 22.4 Å². The van der Waals surface area contributed by atoms with Crippen LogP contribution in [0.3, 0.4) is 0 Å². The summed E-state index contributed by atoms with van der Waals surface area (Å²) in [5, 5.41) is 16.6. The highest BCUT2D eigenvalue weighted by atomic mass is 32.1. The van der Waals surface area contributed by atoms with E-state index in [2.05, 4.69) is 10.6 Å². The predicted molar refractivity (Wildman–Crippen MR) is 115 cm³/mol. The smallest absolute Gasteiger partial charge is 0.307 e. The molecule has 2 amide bonds. The van der Waals surface area contributed by atoms with Gasteiger partial charge in [0.2, 0.25) is 5.91 Å². The standard InChI is InChI=1S/C23H28N2O4S/c26-20(17-12-8-10-13(11-9-12)18(17)23(28)29)25-22-19(15-6-3-7-16(15)30-22)21(27)24-14-4-1-2-5-14/h8,10,12-14,17-18H,1-7,9,11H2,(H,24,27)(H,25,26)(H,28,29)/t12-,13+,17+,18+/m1/s1. The molecule has 30 heavy (non-hydrogen) atoms. The van der Waals surface area contributed by atoms with Crippen LogP contribution in [0.1, 0.15) is 65.7 Å². The number of anilines is 1. The Hall–Kier alpha value is -2.15. The van der Waals surface area contributed by atoms with Crippen molar-refractivity contribution in [3.8, 4) is 0 Å². The van der Waals surface area contributed by atoms with Gasteiger partial charge in [-0.1, -0.05) is 25.0 Å². The Morgan fingerprint density at radius 3 is 2.30 bits per heavy atom. The van der Waals surface area contributed by atoms with Crippen LogP contribution in [0.2, 0.25) is 0 Å². The first-order valence-electron chi connectivity index (χ1n) is 11.2. The van der Waals surface area contributed by atoms with E-state index in [4.69, 9.17) is 0 Å². The molecule has 1 aromatic heterocycles. The maximum Gasteiger partial charge on any atom is 0.307 e. The quantitative estimate of drug-likeness (QED) is 0.622. The second-order valence-electron chi connectivity index (χ2n) is 9.19. The van der Waals surface area contributed by atoms with E-state index in [1.54, 1.807) is 0 Å². The van der Waals surface area contributed by atoms with E-state index in [0.717, 1.165) is 63.4 Å². The minimum Gasteiger partial charge on any atom is -0.481 e. The van der Waals surface area contributed by atoms with Gasteiger partial charge in [-0.05, 0) is 62.3 Å². The van der Waals surface area contributed by atoms with Crippen molar-refractivity contribution in [1.82, 2.24) is 5.32 Å². The van der Waals surface area contributed by atoms with Gasteiger partial charge >= 0.3 is 5.97 Å². The summed E-state index contributed by atoms with van der Waals surface area (Å²) in [5.74, 6) is -2.62. The average Bonchev–Trinajstić information content (AvgIpc) is 3.45. The molecule has 0 saturated heterocycles. The Balaban J connectivity index is 1.40. The molecule has 5 aliphatic carbocycles. The highest BCUT2D eigenvalue weighted by Gasteiger charge is 2.48. The van der Waals surface area contributed by atoms with Crippen LogP contribution in [-0.4, -0.2) is 28.9 Å². The number of allylic oxidation sites excluding steroid dienone is 2. The van der Waals surface area contributed by atoms with Crippen molar-refractivity contribution in [2.75, 3.05) is 5.32 Å². The predicted octanol–water partition coefficient (Wildman–Crippen LogP) is 3.76. The van der Waals surface area contributed by atoms with Gasteiger partial charge in [0.15, 0.2) is 0 Å². The number of carboxylic acid groups (broad SMARTS) is 1. The largest absolute Gasteiger partial charge is 0.481 e. The van der Waals surface area contributed by atoms with Crippen LogP contribution in [0.4, 0.5) is 5.00 Å². The summed E-state index contributed by atoms with van der Waals surface area (Å²) in [6.07, 6.45) is 12.8. The van der Waals surface area contributed by atoms with E-state index >= 15 is 0 Å². The lowest BCUT2D eigenvalue weighted by molar-refractivity contribution is -0.151. The summed E-state index contributed by atoms with van der Waals surface area (Å²) >= 11 is 1.50. The molecule has 6 rings (SSSR count). The van der Waals surface area contributed by atoms with Gasteiger partial charge in [-0.2, -0.15) is 0 Å². The van der Waals surface area contributed by atoms with E-state index in [9.17, 15) is 19.5 Å². The molecular formula is C23H28N2O4S. The lowest BCUT2D eigenvalue weighted by Crippen LogP contribution is -2.47. The molecule has 160 valence electrons. The number of amides is 2. The summed E-state index contributed by atoms with van der Waals surface area (Å²) in [6.45, 7) is 0. The summed E-state index contributed by atoms with van der Waals surface area (Å²) in [5.41, 5.74) is 1.70. The van der Waals surface area contributed by atoms with Gasteiger partial charge in [0.25, 0.3) is 5.91 Å². The zero-order valence-corrected chi connectivity index (χ0v) is 17.8. The Bertz CT molecular complexity index is 915. The molecule has 5 aliphatic rings. The van der Waals surface area contributed by atoms with Crippen LogP contribution in [0.5, 0.6) is 0 Å². The fraction of sp³-hybridized carbons (Fsp3) is 0.609. The highest BCUT2D eigenvalue weighted by molar-refractivity contribution is 7.17. The van der Waals surface area contributed by atoms with Crippen LogP contribution >= 0.6 is 11.3 Å². The lowest BCUT2D eigenvalue weighted by atomic mass is 9.62. The molecule has 3 N–H and O–H groups in total. The number of aliphatic carboxylic acids is 1. The first kappa shape index (κ1) is 19.8. The Labute approximate surface area is 180 Å². The second-order valence-corrected chi connectivity index (χ2v) is 10.3. The summed E-state index contributed by atoms with van der Waals surface area (Å²) < 4.78 is 0. The number of nitrogens with one attached hydrogen (secondary N) is 2. The van der Waals surface area contributed by atoms with Crippen molar-refractivity contribution < 1.29 is 19.5 Å². The van der Waals surface area contributed by atoms with Gasteiger partial charge in [-0.3, -0.25) is 14.4 Å². The molecule has 0 aromatic carbocycles. The normalized spacial score (nSPS) is 29.7. The monoisotopic (exact) mass is 428 g/mol. The number of carboxylic acids is 1. The van der Waals surface area contributed by atoms with Crippen LogP contribution in [0, 0.1) is 23.7 Å². The van der Waals surface area contributed by atoms with E-state index < -0.39 is 17.8 Å². The topological polar surface area (TPSA) is 95.5 Å². The fourth-order valence-electron chi connectivity index (χ4n) is 5.94. The molecule has 0 spiro atoms. The molecule has 2 saturated carbocycles. The van der Waals surface area contributed by atoms with E-state index in [1.165, 1.54) is 16.2 Å². The van der Waals surface area contributed by atoms with Crippen LogP contribution in [0.25, 0.3) is 0 Å². The molecule has 7 heteroatoms. The molecular weight excluding hydrogens is 400 g/mol. The van der Waals surface area contributed by atoms with Gasteiger partial charge in [-0.15, -0.1) is 11.3 Å². The molecule has 0 unspecified atom stereocenters. The van der Waals surface area contributed by atoms with E-state index in [1.807, 2.05) is 12.2 Å². The Morgan fingerprint density at radius 1 is 0.933 bits per heavy atom.